The Hall–Kier alpha value is -11.1. The van der Waals surface area contributed by atoms with E-state index in [1.54, 1.807) is 6.20 Å². The second-order valence-electron chi connectivity index (χ2n) is 25.8. The van der Waals surface area contributed by atoms with Gasteiger partial charge in [0, 0.05) is 49.5 Å². The topological polar surface area (TPSA) is 78.8 Å². The molecule has 7 heterocycles. The van der Waals surface area contributed by atoms with Gasteiger partial charge in [0.15, 0.2) is 0 Å². The minimum atomic E-state index is -0.427. The molecule has 19 rings (SSSR count). The Morgan fingerprint density at radius 1 is 0.312 bits per heavy atom. The quantitative estimate of drug-likeness (QED) is 0.122. The van der Waals surface area contributed by atoms with Crippen LogP contribution in [0.15, 0.2) is 308 Å². The maximum atomic E-state index is 6.45. The Balaban J connectivity index is 0.000000123. The molecule has 0 radical (unpaired) electrons. The van der Waals surface area contributed by atoms with Crippen LogP contribution in [0.2, 0.25) is 0 Å². The maximum Gasteiger partial charge on any atom is 0.494 e. The minimum absolute atomic E-state index is 0.400. The van der Waals surface area contributed by atoms with Crippen LogP contribution >= 0.6 is 15.9 Å². The molecule has 12 aromatic carbocycles. The SMILES string of the molecule is Brc1ccc(-c2ccccn2)cc1.CC1(C)OB(c2ccc3c(c2)c2cc(-c4ccc5ccccc5c4)ccc2c2nc4ccccc4n32)OC1(C)C.c1ccc(-c2ccc(-c3ccc4c(c3)c3cc(-c5ccc6ccccc6c5)ccc3c3nc5ccccc5n43)cc2)nc1. The summed E-state index contributed by atoms with van der Waals surface area (Å²) in [5.74, 6) is 0. The summed E-state index contributed by atoms with van der Waals surface area (Å²) in [6, 6.07) is 103. The molecule has 0 aliphatic carbocycles. The van der Waals surface area contributed by atoms with E-state index in [0.29, 0.717) is 0 Å². The lowest BCUT2D eigenvalue weighted by Gasteiger charge is -2.32. The van der Waals surface area contributed by atoms with Gasteiger partial charge in [-0.3, -0.25) is 18.8 Å². The van der Waals surface area contributed by atoms with Gasteiger partial charge in [-0.2, -0.15) is 0 Å². The van der Waals surface area contributed by atoms with Crippen LogP contribution in [0, 0.1) is 0 Å². The molecule has 0 spiro atoms. The first kappa shape index (κ1) is 58.7. The van der Waals surface area contributed by atoms with E-state index in [1.165, 1.54) is 71.1 Å². The van der Waals surface area contributed by atoms with E-state index in [4.69, 9.17) is 19.3 Å². The number of halogens is 1. The largest absolute Gasteiger partial charge is 0.494 e. The van der Waals surface area contributed by atoms with Crippen molar-refractivity contribution in [3.63, 3.8) is 0 Å². The summed E-state index contributed by atoms with van der Waals surface area (Å²) in [5, 5.41) is 12.0. The van der Waals surface area contributed by atoms with Gasteiger partial charge in [-0.1, -0.05) is 192 Å². The summed E-state index contributed by atoms with van der Waals surface area (Å²) in [5.41, 5.74) is 20.1. The molecule has 0 amide bonds. The highest BCUT2D eigenvalue weighted by atomic mass is 79.9. The first-order valence-electron chi connectivity index (χ1n) is 32.5. The van der Waals surface area contributed by atoms with Gasteiger partial charge in [-0.25, -0.2) is 9.97 Å². The van der Waals surface area contributed by atoms with E-state index in [0.717, 1.165) is 93.0 Å². The van der Waals surface area contributed by atoms with Crippen molar-refractivity contribution in [2.24, 2.45) is 0 Å². The predicted octanol–water partition coefficient (Wildman–Crippen LogP) is 21.8. The lowest BCUT2D eigenvalue weighted by molar-refractivity contribution is 0.00578. The molecule has 1 fully saturated rings. The van der Waals surface area contributed by atoms with Gasteiger partial charge < -0.3 is 9.31 Å². The third-order valence-electron chi connectivity index (χ3n) is 19.4. The number of imidazole rings is 2. The van der Waals surface area contributed by atoms with Gasteiger partial charge in [0.25, 0.3) is 0 Å². The lowest BCUT2D eigenvalue weighted by Crippen LogP contribution is -2.41. The molecule has 0 bridgehead atoms. The molecule has 0 atom stereocenters. The molecule has 10 heteroatoms. The van der Waals surface area contributed by atoms with Gasteiger partial charge in [-0.05, 0) is 214 Å². The van der Waals surface area contributed by atoms with E-state index in [1.807, 2.05) is 72.9 Å². The van der Waals surface area contributed by atoms with Crippen molar-refractivity contribution in [2.45, 2.75) is 38.9 Å². The molecule has 1 aliphatic rings. The van der Waals surface area contributed by atoms with Gasteiger partial charge in [0.1, 0.15) is 11.3 Å². The van der Waals surface area contributed by atoms with Crippen molar-refractivity contribution in [1.82, 2.24) is 28.7 Å². The molecule has 96 heavy (non-hydrogen) atoms. The summed E-state index contributed by atoms with van der Waals surface area (Å²) in [7, 11) is -0.427. The van der Waals surface area contributed by atoms with Crippen molar-refractivity contribution in [3.8, 4) is 55.9 Å². The van der Waals surface area contributed by atoms with Crippen LogP contribution in [0.3, 0.4) is 0 Å². The number of rotatable bonds is 6. The van der Waals surface area contributed by atoms with Crippen LogP contribution in [0.25, 0.3) is 154 Å². The fraction of sp³-hybridized carbons (Fsp3) is 0.0698. The number of aromatic nitrogens is 6. The molecule has 6 aromatic heterocycles. The number of hydrogen-bond acceptors (Lipinski definition) is 6. The summed E-state index contributed by atoms with van der Waals surface area (Å²) in [6.45, 7) is 8.39. The zero-order valence-electron chi connectivity index (χ0n) is 53.3. The summed E-state index contributed by atoms with van der Waals surface area (Å²) >= 11 is 3.40. The van der Waals surface area contributed by atoms with Crippen LogP contribution in [-0.2, 0) is 9.31 Å². The Morgan fingerprint density at radius 2 is 0.698 bits per heavy atom. The van der Waals surface area contributed by atoms with Crippen LogP contribution in [0.4, 0.5) is 0 Å². The summed E-state index contributed by atoms with van der Waals surface area (Å²) in [4.78, 5) is 19.0. The monoisotopic (exact) mass is 1300 g/mol. The Labute approximate surface area is 564 Å². The molecule has 0 N–H and O–H groups in total. The molecule has 0 saturated carbocycles. The summed E-state index contributed by atoms with van der Waals surface area (Å²) in [6.07, 6.45) is 3.64. The zero-order chi connectivity index (χ0) is 64.7. The predicted molar refractivity (Wildman–Crippen MR) is 403 cm³/mol. The normalized spacial score (nSPS) is 13.5. The fourth-order valence-corrected chi connectivity index (χ4v) is 13.9. The zero-order valence-corrected chi connectivity index (χ0v) is 54.9. The highest BCUT2D eigenvalue weighted by Gasteiger charge is 2.51. The van der Waals surface area contributed by atoms with Gasteiger partial charge in [0.05, 0.1) is 55.7 Å². The van der Waals surface area contributed by atoms with E-state index in [2.05, 4.69) is 287 Å². The first-order chi connectivity index (χ1) is 46.9. The molecule has 8 nitrogen and oxygen atoms in total. The van der Waals surface area contributed by atoms with Crippen molar-refractivity contribution in [1.29, 1.82) is 0 Å². The third-order valence-corrected chi connectivity index (χ3v) is 19.9. The third kappa shape index (κ3) is 10.5. The van der Waals surface area contributed by atoms with E-state index < -0.39 is 18.3 Å². The van der Waals surface area contributed by atoms with Crippen molar-refractivity contribution < 1.29 is 9.31 Å². The number of pyridine rings is 4. The standard InChI is InChI=1S/C40H25N3.C35H29BN2O2.C11H8BrN/c1-2-8-29-23-30(17-14-26(29)7-1)32-18-20-33-34(24-32)35-25-31(27-12-15-28(16-13-27)36-9-5-6-22-41-36)19-21-38(35)43-39-11-4-3-10-37(39)42-40(33)43;1-34(2)35(3,4)40-36(39-34)26-16-18-31-29(21-26)28-20-25(24-14-13-22-9-5-6-10-23(22)19-24)15-17-27(28)33-37-30-11-7-8-12-32(30)38(31)33;12-10-6-4-9(5-7-10)11-3-1-2-8-13-11/h1-25H;5-21H,1-4H3;1-8H. The molecule has 0 unspecified atom stereocenters. The second-order valence-corrected chi connectivity index (χ2v) is 26.7. The highest BCUT2D eigenvalue weighted by molar-refractivity contribution is 9.10. The number of para-hydroxylation sites is 4. The summed E-state index contributed by atoms with van der Waals surface area (Å²) < 4.78 is 18.6. The maximum absolute atomic E-state index is 6.45. The molecule has 1 saturated heterocycles. The molecular weight excluding hydrogens is 1240 g/mol. The van der Waals surface area contributed by atoms with Crippen molar-refractivity contribution in [3.05, 3.63) is 308 Å². The minimum Gasteiger partial charge on any atom is -0.399 e. The lowest BCUT2D eigenvalue weighted by atomic mass is 9.78. The number of nitrogens with zero attached hydrogens (tertiary/aromatic N) is 6. The van der Waals surface area contributed by atoms with Crippen LogP contribution in [0.5, 0.6) is 0 Å². The Kier molecular flexibility index (Phi) is 14.5. The number of fused-ring (bicyclic) bond motifs is 18. The fourth-order valence-electron chi connectivity index (χ4n) is 13.7. The highest BCUT2D eigenvalue weighted by Crippen LogP contribution is 2.41. The number of benzene rings is 12. The molecule has 458 valence electrons. The second kappa shape index (κ2) is 23.7. The van der Waals surface area contributed by atoms with E-state index in [9.17, 15) is 0 Å². The van der Waals surface area contributed by atoms with Gasteiger partial charge in [0.2, 0.25) is 0 Å². The molecule has 18 aromatic rings. The Bertz CT molecular complexity index is 6040. The van der Waals surface area contributed by atoms with Crippen LogP contribution in [0.1, 0.15) is 27.7 Å². The van der Waals surface area contributed by atoms with Crippen molar-refractivity contribution >= 4 is 127 Å². The Morgan fingerprint density at radius 3 is 1.21 bits per heavy atom. The van der Waals surface area contributed by atoms with Crippen LogP contribution in [-0.4, -0.2) is 47.1 Å². The van der Waals surface area contributed by atoms with Crippen molar-refractivity contribution in [2.75, 3.05) is 0 Å². The molecule has 1 aliphatic heterocycles. The van der Waals surface area contributed by atoms with E-state index in [-0.39, 0.29) is 0 Å². The van der Waals surface area contributed by atoms with E-state index >= 15 is 0 Å². The van der Waals surface area contributed by atoms with Gasteiger partial charge >= 0.3 is 7.12 Å². The first-order valence-corrected chi connectivity index (χ1v) is 33.3. The molecular formula is C86H62BBrN6O2. The average molecular weight is 1300 g/mol. The van der Waals surface area contributed by atoms with Gasteiger partial charge in [-0.15, -0.1) is 0 Å². The van der Waals surface area contributed by atoms with Crippen LogP contribution < -0.4 is 5.46 Å². The smallest absolute Gasteiger partial charge is 0.399 e. The average Bonchev–Trinajstić information content (AvgIpc) is 1.50. The number of hydrogen-bond donors (Lipinski definition) is 0.